The third-order valence-electron chi connectivity index (χ3n) is 5.40. The van der Waals surface area contributed by atoms with Gasteiger partial charge in [0.1, 0.15) is 0 Å². The molecule has 2 heterocycles. The Morgan fingerprint density at radius 2 is 1.87 bits per heavy atom. The smallest absolute Gasteiger partial charge is 0.255 e. The first-order valence-electron chi connectivity index (χ1n) is 10.2. The summed E-state index contributed by atoms with van der Waals surface area (Å²) in [7, 11) is 0. The Morgan fingerprint density at radius 1 is 1.10 bits per heavy atom. The number of H-pyrrole nitrogens is 1. The molecule has 1 aliphatic heterocycles. The highest BCUT2D eigenvalue weighted by Gasteiger charge is 2.15. The van der Waals surface area contributed by atoms with E-state index in [4.69, 9.17) is 4.98 Å². The van der Waals surface area contributed by atoms with Crippen molar-refractivity contribution in [2.45, 2.75) is 38.1 Å². The summed E-state index contributed by atoms with van der Waals surface area (Å²) in [6.45, 7) is 7.96. The summed E-state index contributed by atoms with van der Waals surface area (Å²) in [5.74, 6) is 0.451. The zero-order chi connectivity index (χ0) is 21.1. The van der Waals surface area contributed by atoms with Crippen LogP contribution in [0.1, 0.15) is 23.1 Å². The molecule has 1 aliphatic rings. The Balaban J connectivity index is 1.54. The lowest BCUT2D eigenvalue weighted by atomic mass is 9.97. The molecule has 156 valence electrons. The predicted molar refractivity (Wildman–Crippen MR) is 125 cm³/mol. The lowest BCUT2D eigenvalue weighted by Crippen LogP contribution is -2.21. The van der Waals surface area contributed by atoms with Crippen molar-refractivity contribution in [3.05, 3.63) is 69.5 Å². The third kappa shape index (κ3) is 4.52. The average Bonchev–Trinajstić information content (AvgIpc) is 3.23. The minimum Gasteiger partial charge on any atom is -0.381 e. The summed E-state index contributed by atoms with van der Waals surface area (Å²) in [5, 5.41) is 6.93. The molecule has 4 N–H and O–H groups in total. The molecule has 1 atom stereocenters. The predicted octanol–water partition coefficient (Wildman–Crippen LogP) is 4.26. The normalized spacial score (nSPS) is 15.9. The number of aromatic nitrogens is 2. The van der Waals surface area contributed by atoms with Crippen LogP contribution in [0.15, 0.2) is 52.2 Å². The van der Waals surface area contributed by atoms with Crippen molar-refractivity contribution in [1.29, 1.82) is 0 Å². The van der Waals surface area contributed by atoms with Gasteiger partial charge in [-0.15, -0.1) is 0 Å². The van der Waals surface area contributed by atoms with Gasteiger partial charge >= 0.3 is 0 Å². The van der Waals surface area contributed by atoms with E-state index in [9.17, 15) is 4.79 Å². The highest BCUT2D eigenvalue weighted by Crippen LogP contribution is 2.28. The van der Waals surface area contributed by atoms with E-state index in [1.807, 2.05) is 51.1 Å². The van der Waals surface area contributed by atoms with Crippen molar-refractivity contribution >= 4 is 23.6 Å². The summed E-state index contributed by atoms with van der Waals surface area (Å²) in [6.07, 6.45) is 1.13. The maximum atomic E-state index is 12.6. The van der Waals surface area contributed by atoms with Gasteiger partial charge in [0.15, 0.2) is 0 Å². The highest BCUT2D eigenvalue weighted by molar-refractivity contribution is 8.00. The van der Waals surface area contributed by atoms with Crippen molar-refractivity contribution in [2.75, 3.05) is 23.1 Å². The molecule has 6 nitrogen and oxygen atoms in total. The molecule has 30 heavy (non-hydrogen) atoms. The van der Waals surface area contributed by atoms with Crippen molar-refractivity contribution < 1.29 is 0 Å². The van der Waals surface area contributed by atoms with E-state index in [1.54, 1.807) is 0 Å². The number of aryl methyl sites for hydroxylation is 2. The molecule has 0 saturated carbocycles. The Kier molecular flexibility index (Phi) is 6.11. The Hall–Kier alpha value is -2.77. The number of nitrogens with zero attached hydrogens (tertiary/aromatic N) is 1. The first-order valence-corrected chi connectivity index (χ1v) is 11.0. The van der Waals surface area contributed by atoms with Crippen molar-refractivity contribution in [1.82, 2.24) is 15.3 Å². The third-order valence-corrected chi connectivity index (χ3v) is 6.19. The van der Waals surface area contributed by atoms with Crippen LogP contribution in [0.2, 0.25) is 0 Å². The molecule has 1 fully saturated rings. The van der Waals surface area contributed by atoms with Crippen LogP contribution >= 0.6 is 11.9 Å². The Bertz CT molecular complexity index is 1080. The molecule has 1 aromatic heterocycles. The quantitative estimate of drug-likeness (QED) is 0.446. The van der Waals surface area contributed by atoms with Crippen molar-refractivity contribution in [3.8, 4) is 11.3 Å². The van der Waals surface area contributed by atoms with E-state index in [0.29, 0.717) is 17.6 Å². The molecule has 1 unspecified atom stereocenters. The minimum atomic E-state index is -0.130. The molecule has 0 spiro atoms. The van der Waals surface area contributed by atoms with Crippen LogP contribution in [0.25, 0.3) is 11.3 Å². The van der Waals surface area contributed by atoms with Crippen LogP contribution in [0.3, 0.4) is 0 Å². The van der Waals surface area contributed by atoms with Gasteiger partial charge in [-0.3, -0.25) is 14.5 Å². The Morgan fingerprint density at radius 3 is 2.60 bits per heavy atom. The fraction of sp³-hybridized carbons (Fsp3) is 0.304. The molecule has 0 radical (unpaired) electrons. The van der Waals surface area contributed by atoms with Crippen LogP contribution in [0, 0.1) is 20.8 Å². The fourth-order valence-corrected chi connectivity index (χ4v) is 4.43. The number of anilines is 2. The fourth-order valence-electron chi connectivity index (χ4n) is 3.78. The van der Waals surface area contributed by atoms with E-state index in [1.165, 1.54) is 11.9 Å². The summed E-state index contributed by atoms with van der Waals surface area (Å²) in [5.41, 5.74) is 5.54. The maximum absolute atomic E-state index is 12.6. The van der Waals surface area contributed by atoms with Crippen molar-refractivity contribution in [2.24, 2.45) is 0 Å². The molecule has 2 aromatic carbocycles. The molecular weight excluding hydrogens is 394 g/mol. The second-order valence-corrected chi connectivity index (χ2v) is 8.60. The van der Waals surface area contributed by atoms with E-state index in [-0.39, 0.29) is 5.56 Å². The van der Waals surface area contributed by atoms with Crippen molar-refractivity contribution in [3.63, 3.8) is 0 Å². The van der Waals surface area contributed by atoms with Crippen LogP contribution in [-0.4, -0.2) is 29.1 Å². The van der Waals surface area contributed by atoms with Gasteiger partial charge in [-0.25, -0.2) is 4.98 Å². The molecule has 0 aliphatic carbocycles. The highest BCUT2D eigenvalue weighted by atomic mass is 32.2. The summed E-state index contributed by atoms with van der Waals surface area (Å²) in [6, 6.07) is 14.8. The van der Waals surface area contributed by atoms with Gasteiger partial charge in [0.2, 0.25) is 5.95 Å². The lowest BCUT2D eigenvalue weighted by molar-refractivity contribution is 0.793. The number of nitrogens with one attached hydrogen (secondary N) is 4. The molecular formula is C23H27N5OS. The average molecular weight is 422 g/mol. The van der Waals surface area contributed by atoms with Gasteiger partial charge in [-0.1, -0.05) is 24.3 Å². The topological polar surface area (TPSA) is 81.8 Å². The van der Waals surface area contributed by atoms with Crippen LogP contribution in [0.5, 0.6) is 0 Å². The Labute approximate surface area is 181 Å². The van der Waals surface area contributed by atoms with Gasteiger partial charge in [0.25, 0.3) is 5.56 Å². The van der Waals surface area contributed by atoms with Gasteiger partial charge < -0.3 is 10.6 Å². The second kappa shape index (κ2) is 8.93. The first-order chi connectivity index (χ1) is 14.5. The SMILES string of the molecule is Cc1cccc(C)c1-c1nc(NSc2cccc(NC3CCNC3)c2)[nH]c(=O)c1C. The zero-order valence-electron chi connectivity index (χ0n) is 17.5. The molecule has 3 aromatic rings. The lowest BCUT2D eigenvalue weighted by Gasteiger charge is -2.14. The van der Waals surface area contributed by atoms with Gasteiger partial charge in [0.05, 0.1) is 5.69 Å². The number of aromatic amines is 1. The molecule has 7 heteroatoms. The van der Waals surface area contributed by atoms with Gasteiger partial charge in [-0.05, 0) is 75.0 Å². The molecule has 4 rings (SSSR count). The number of hydrogen-bond donors (Lipinski definition) is 4. The number of rotatable bonds is 6. The standard InChI is InChI=1S/C23H27N5OS/c1-14-6-4-7-15(2)20(14)21-16(3)22(29)27-23(26-21)28-30-19-9-5-8-17(12-19)25-18-10-11-24-13-18/h4-9,12,18,24-25H,10-11,13H2,1-3H3,(H2,26,27,28,29). The zero-order valence-corrected chi connectivity index (χ0v) is 18.3. The van der Waals surface area contributed by atoms with E-state index < -0.39 is 0 Å². The molecule has 0 amide bonds. The van der Waals surface area contributed by atoms with E-state index in [2.05, 4.69) is 32.5 Å². The van der Waals surface area contributed by atoms with E-state index >= 15 is 0 Å². The largest absolute Gasteiger partial charge is 0.381 e. The summed E-state index contributed by atoms with van der Waals surface area (Å²) in [4.78, 5) is 21.2. The molecule has 1 saturated heterocycles. The maximum Gasteiger partial charge on any atom is 0.255 e. The van der Waals surface area contributed by atoms with Gasteiger partial charge in [-0.2, -0.15) is 0 Å². The number of benzene rings is 2. The van der Waals surface area contributed by atoms with E-state index in [0.717, 1.165) is 52.5 Å². The minimum absolute atomic E-state index is 0.130. The monoisotopic (exact) mass is 421 g/mol. The molecule has 0 bridgehead atoms. The van der Waals surface area contributed by atoms with Crippen LogP contribution in [0.4, 0.5) is 11.6 Å². The summed E-state index contributed by atoms with van der Waals surface area (Å²) < 4.78 is 3.21. The second-order valence-electron chi connectivity index (χ2n) is 7.72. The summed E-state index contributed by atoms with van der Waals surface area (Å²) >= 11 is 1.43. The first kappa shape index (κ1) is 20.5. The number of hydrogen-bond acceptors (Lipinski definition) is 6. The van der Waals surface area contributed by atoms with Gasteiger partial charge in [0, 0.05) is 34.3 Å². The van der Waals surface area contributed by atoms with Crippen LogP contribution in [-0.2, 0) is 0 Å². The van der Waals surface area contributed by atoms with Crippen LogP contribution < -0.4 is 20.9 Å².